The van der Waals surface area contributed by atoms with E-state index in [-0.39, 0.29) is 12.0 Å². The monoisotopic (exact) mass is 325 g/mol. The molecule has 0 aliphatic carbocycles. The fraction of sp³-hybridized carbons (Fsp3) is 0.533. The third-order valence-electron chi connectivity index (χ3n) is 3.50. The maximum atomic E-state index is 12.3. The number of halogens is 1. The summed E-state index contributed by atoms with van der Waals surface area (Å²) in [7, 11) is 1.84. The van der Waals surface area contributed by atoms with Gasteiger partial charge in [-0.15, -0.1) is 0 Å². The first-order valence-electron chi connectivity index (χ1n) is 6.71. The average Bonchev–Trinajstić information content (AvgIpc) is 2.42. The molecule has 0 aromatic heterocycles. The summed E-state index contributed by atoms with van der Waals surface area (Å²) in [5.74, 6) is 0.0600. The third kappa shape index (κ3) is 3.80. The largest absolute Gasteiger partial charge is 0.376 e. The quantitative estimate of drug-likeness (QED) is 0.852. The minimum atomic E-state index is 0.0600. The van der Waals surface area contributed by atoms with Gasteiger partial charge in [-0.05, 0) is 49.9 Å². The molecule has 1 amide bonds. The number of carbonyl (C=O) groups excluding carboxylic acids is 1. The van der Waals surface area contributed by atoms with Gasteiger partial charge in [0.1, 0.15) is 0 Å². The van der Waals surface area contributed by atoms with Gasteiger partial charge in [0.15, 0.2) is 0 Å². The van der Waals surface area contributed by atoms with Gasteiger partial charge in [-0.3, -0.25) is 4.79 Å². The number of rotatable bonds is 3. The number of likely N-dealkylation sites (N-methyl/N-ethyl adjacent to an activating group) is 1. The maximum absolute atomic E-state index is 12.3. The van der Waals surface area contributed by atoms with Crippen LogP contribution in [0.4, 0.5) is 0 Å². The highest BCUT2D eigenvalue weighted by Crippen LogP contribution is 2.19. The molecule has 1 saturated heterocycles. The lowest BCUT2D eigenvalue weighted by atomic mass is 10.1. The highest BCUT2D eigenvalue weighted by molar-refractivity contribution is 9.10. The van der Waals surface area contributed by atoms with Crippen molar-refractivity contribution in [2.45, 2.75) is 32.3 Å². The van der Waals surface area contributed by atoms with Gasteiger partial charge in [0, 0.05) is 30.2 Å². The summed E-state index contributed by atoms with van der Waals surface area (Å²) >= 11 is 3.45. The Morgan fingerprint density at radius 2 is 2.26 bits per heavy atom. The second-order valence-corrected chi connectivity index (χ2v) is 5.99. The van der Waals surface area contributed by atoms with Crippen molar-refractivity contribution in [1.29, 1.82) is 0 Å². The minimum Gasteiger partial charge on any atom is -0.376 e. The molecule has 1 fully saturated rings. The van der Waals surface area contributed by atoms with E-state index in [0.717, 1.165) is 35.0 Å². The van der Waals surface area contributed by atoms with Gasteiger partial charge in [-0.2, -0.15) is 0 Å². The number of amides is 1. The van der Waals surface area contributed by atoms with Crippen LogP contribution in [0.3, 0.4) is 0 Å². The van der Waals surface area contributed by atoms with E-state index in [1.165, 1.54) is 6.42 Å². The van der Waals surface area contributed by atoms with E-state index in [4.69, 9.17) is 4.74 Å². The van der Waals surface area contributed by atoms with Crippen molar-refractivity contribution in [2.24, 2.45) is 0 Å². The topological polar surface area (TPSA) is 29.5 Å². The lowest BCUT2D eigenvalue weighted by Crippen LogP contribution is -2.37. The standard InChI is InChI=1S/C15H20BrNO2/c1-11-9-12(6-7-14(11)16)15(18)17(2)10-13-5-3-4-8-19-13/h6-7,9,13H,3-5,8,10H2,1-2H3. The third-order valence-corrected chi connectivity index (χ3v) is 4.39. The molecule has 2 rings (SSSR count). The normalized spacial score (nSPS) is 19.2. The molecule has 4 heteroatoms. The number of benzene rings is 1. The summed E-state index contributed by atoms with van der Waals surface area (Å²) < 4.78 is 6.71. The molecule has 104 valence electrons. The number of carbonyl (C=O) groups is 1. The first-order valence-corrected chi connectivity index (χ1v) is 7.50. The Labute approximate surface area is 123 Å². The van der Waals surface area contributed by atoms with Crippen molar-refractivity contribution in [3.8, 4) is 0 Å². The van der Waals surface area contributed by atoms with Crippen LogP contribution in [0.15, 0.2) is 22.7 Å². The smallest absolute Gasteiger partial charge is 0.253 e. The van der Waals surface area contributed by atoms with Crippen LogP contribution in [0.5, 0.6) is 0 Å². The molecule has 19 heavy (non-hydrogen) atoms. The Balaban J connectivity index is 1.99. The molecule has 0 N–H and O–H groups in total. The highest BCUT2D eigenvalue weighted by Gasteiger charge is 2.19. The highest BCUT2D eigenvalue weighted by atomic mass is 79.9. The number of nitrogens with zero attached hydrogens (tertiary/aromatic N) is 1. The minimum absolute atomic E-state index is 0.0600. The molecule has 1 unspecified atom stereocenters. The van der Waals surface area contributed by atoms with Crippen LogP contribution >= 0.6 is 15.9 Å². The van der Waals surface area contributed by atoms with Crippen LogP contribution in [0, 0.1) is 6.92 Å². The van der Waals surface area contributed by atoms with Crippen molar-refractivity contribution in [2.75, 3.05) is 20.2 Å². The second kappa shape index (κ2) is 6.53. The molecule has 1 aliphatic heterocycles. The first kappa shape index (κ1) is 14.5. The molecule has 1 atom stereocenters. The van der Waals surface area contributed by atoms with Crippen molar-refractivity contribution in [3.63, 3.8) is 0 Å². The van der Waals surface area contributed by atoms with E-state index >= 15 is 0 Å². The van der Waals surface area contributed by atoms with Crippen LogP contribution < -0.4 is 0 Å². The van der Waals surface area contributed by atoms with E-state index in [1.54, 1.807) is 4.90 Å². The maximum Gasteiger partial charge on any atom is 0.253 e. The zero-order valence-corrected chi connectivity index (χ0v) is 13.1. The fourth-order valence-corrected chi connectivity index (χ4v) is 2.58. The van der Waals surface area contributed by atoms with Gasteiger partial charge >= 0.3 is 0 Å². The average molecular weight is 326 g/mol. The Hall–Kier alpha value is -0.870. The number of ether oxygens (including phenoxy) is 1. The Morgan fingerprint density at radius 1 is 1.47 bits per heavy atom. The van der Waals surface area contributed by atoms with Crippen LogP contribution in [-0.4, -0.2) is 37.1 Å². The molecule has 1 aromatic carbocycles. The fourth-order valence-electron chi connectivity index (χ4n) is 2.34. The molecule has 1 aromatic rings. The molecular weight excluding hydrogens is 306 g/mol. The predicted molar refractivity (Wildman–Crippen MR) is 79.4 cm³/mol. The number of hydrogen-bond acceptors (Lipinski definition) is 2. The molecule has 0 spiro atoms. The zero-order valence-electron chi connectivity index (χ0n) is 11.5. The first-order chi connectivity index (χ1) is 9.08. The van der Waals surface area contributed by atoms with Gasteiger partial charge in [0.25, 0.3) is 5.91 Å². The molecule has 0 saturated carbocycles. The summed E-state index contributed by atoms with van der Waals surface area (Å²) in [6, 6.07) is 5.70. The zero-order chi connectivity index (χ0) is 13.8. The molecule has 0 radical (unpaired) electrons. The van der Waals surface area contributed by atoms with Crippen molar-refractivity contribution in [1.82, 2.24) is 4.90 Å². The Morgan fingerprint density at radius 3 is 2.89 bits per heavy atom. The predicted octanol–water partition coefficient (Wildman–Crippen LogP) is 3.40. The number of hydrogen-bond donors (Lipinski definition) is 0. The molecule has 1 heterocycles. The summed E-state index contributed by atoms with van der Waals surface area (Å²) in [4.78, 5) is 14.1. The van der Waals surface area contributed by atoms with Crippen LogP contribution in [0.2, 0.25) is 0 Å². The SMILES string of the molecule is Cc1cc(C(=O)N(C)CC2CCCCO2)ccc1Br. The summed E-state index contributed by atoms with van der Waals surface area (Å²) in [5.41, 5.74) is 1.81. The van der Waals surface area contributed by atoms with Gasteiger partial charge in [0.05, 0.1) is 6.10 Å². The summed E-state index contributed by atoms with van der Waals surface area (Å²) in [6.07, 6.45) is 3.58. The van der Waals surface area contributed by atoms with Crippen LogP contribution in [0.1, 0.15) is 35.2 Å². The molecule has 3 nitrogen and oxygen atoms in total. The van der Waals surface area contributed by atoms with E-state index in [2.05, 4.69) is 15.9 Å². The van der Waals surface area contributed by atoms with Crippen molar-refractivity contribution >= 4 is 21.8 Å². The summed E-state index contributed by atoms with van der Waals surface area (Å²) in [5, 5.41) is 0. The van der Waals surface area contributed by atoms with Gasteiger partial charge in [-0.25, -0.2) is 0 Å². The Kier molecular flexibility index (Phi) is 4.99. The van der Waals surface area contributed by atoms with Crippen molar-refractivity contribution in [3.05, 3.63) is 33.8 Å². The van der Waals surface area contributed by atoms with E-state index in [0.29, 0.717) is 6.54 Å². The van der Waals surface area contributed by atoms with Gasteiger partial charge < -0.3 is 9.64 Å². The lowest BCUT2D eigenvalue weighted by Gasteiger charge is -2.27. The lowest BCUT2D eigenvalue weighted by molar-refractivity contribution is -0.000188. The summed E-state index contributed by atoms with van der Waals surface area (Å²) in [6.45, 7) is 3.49. The molecule has 1 aliphatic rings. The van der Waals surface area contributed by atoms with Gasteiger partial charge in [0.2, 0.25) is 0 Å². The van der Waals surface area contributed by atoms with E-state index in [1.807, 2.05) is 32.2 Å². The number of aryl methyl sites for hydroxylation is 1. The van der Waals surface area contributed by atoms with Crippen molar-refractivity contribution < 1.29 is 9.53 Å². The molecule has 0 bridgehead atoms. The van der Waals surface area contributed by atoms with Crippen LogP contribution in [-0.2, 0) is 4.74 Å². The van der Waals surface area contributed by atoms with Crippen LogP contribution in [0.25, 0.3) is 0 Å². The second-order valence-electron chi connectivity index (χ2n) is 5.14. The van der Waals surface area contributed by atoms with E-state index in [9.17, 15) is 4.79 Å². The van der Waals surface area contributed by atoms with E-state index < -0.39 is 0 Å². The molecular formula is C15H20BrNO2. The van der Waals surface area contributed by atoms with Gasteiger partial charge in [-0.1, -0.05) is 15.9 Å². The Bertz CT molecular complexity index is 455.